The second-order valence-electron chi connectivity index (χ2n) is 6.13. The van der Waals surface area contributed by atoms with E-state index in [2.05, 4.69) is 26.1 Å². The van der Waals surface area contributed by atoms with Gasteiger partial charge in [-0.3, -0.25) is 0 Å². The van der Waals surface area contributed by atoms with E-state index in [1.54, 1.807) is 7.05 Å². The van der Waals surface area contributed by atoms with Crippen LogP contribution in [0.25, 0.3) is 0 Å². The van der Waals surface area contributed by atoms with Crippen LogP contribution < -0.4 is 5.32 Å². The number of rotatable bonds is 4. The second kappa shape index (κ2) is 5.95. The molecule has 0 spiro atoms. The average molecular weight is 273 g/mol. The van der Waals surface area contributed by atoms with Crippen LogP contribution in [0.15, 0.2) is 12.1 Å². The molecule has 0 amide bonds. The molecule has 1 aromatic carbocycles. The summed E-state index contributed by atoms with van der Waals surface area (Å²) >= 11 is 0. The fourth-order valence-electron chi connectivity index (χ4n) is 1.97. The lowest BCUT2D eigenvalue weighted by Crippen LogP contribution is -2.26. The minimum Gasteiger partial charge on any atom is -0.313 e. The van der Waals surface area contributed by atoms with Gasteiger partial charge in [0.2, 0.25) is 0 Å². The van der Waals surface area contributed by atoms with Crippen molar-refractivity contribution in [2.45, 2.75) is 40.2 Å². The predicted octanol–water partition coefficient (Wildman–Crippen LogP) is 4.44. The topological polar surface area (TPSA) is 12.0 Å². The zero-order chi connectivity index (χ0) is 14.8. The van der Waals surface area contributed by atoms with Crippen LogP contribution in [0.4, 0.5) is 13.2 Å². The molecule has 0 aliphatic carbocycles. The average Bonchev–Trinajstić information content (AvgIpc) is 2.24. The molecule has 0 saturated heterocycles. The van der Waals surface area contributed by atoms with E-state index in [0.717, 1.165) is 12.1 Å². The van der Waals surface area contributed by atoms with Crippen LogP contribution in [0, 0.1) is 28.8 Å². The zero-order valence-electron chi connectivity index (χ0n) is 12.2. The first-order chi connectivity index (χ1) is 8.66. The quantitative estimate of drug-likeness (QED) is 0.855. The van der Waals surface area contributed by atoms with Crippen molar-refractivity contribution in [1.29, 1.82) is 0 Å². The molecule has 1 aromatic rings. The molecule has 0 saturated carbocycles. The Hall–Kier alpha value is -1.03. The van der Waals surface area contributed by atoms with Crippen LogP contribution in [-0.4, -0.2) is 7.05 Å². The van der Waals surface area contributed by atoms with E-state index in [1.807, 2.05) is 6.92 Å². The van der Waals surface area contributed by atoms with E-state index >= 15 is 0 Å². The molecule has 0 heterocycles. The van der Waals surface area contributed by atoms with Gasteiger partial charge in [0.05, 0.1) is 0 Å². The van der Waals surface area contributed by atoms with Crippen molar-refractivity contribution in [1.82, 2.24) is 5.32 Å². The lowest BCUT2D eigenvalue weighted by atomic mass is 9.77. The highest BCUT2D eigenvalue weighted by Gasteiger charge is 2.27. The molecule has 1 rings (SSSR count). The van der Waals surface area contributed by atoms with Gasteiger partial charge < -0.3 is 5.32 Å². The molecule has 0 radical (unpaired) electrons. The van der Waals surface area contributed by atoms with Gasteiger partial charge in [-0.15, -0.1) is 0 Å². The van der Waals surface area contributed by atoms with E-state index in [-0.39, 0.29) is 16.9 Å². The van der Waals surface area contributed by atoms with E-state index < -0.39 is 23.5 Å². The number of hydrogen-bond donors (Lipinski definition) is 1. The highest BCUT2D eigenvalue weighted by Crippen LogP contribution is 2.34. The van der Waals surface area contributed by atoms with Crippen LogP contribution in [0.3, 0.4) is 0 Å². The van der Waals surface area contributed by atoms with Crippen molar-refractivity contribution in [2.24, 2.45) is 11.3 Å². The van der Waals surface area contributed by atoms with E-state index in [1.165, 1.54) is 0 Å². The zero-order valence-corrected chi connectivity index (χ0v) is 12.2. The third kappa shape index (κ3) is 3.96. The third-order valence-electron chi connectivity index (χ3n) is 3.81. The summed E-state index contributed by atoms with van der Waals surface area (Å²) in [6, 6.07) is 0.990. The van der Waals surface area contributed by atoms with Crippen LogP contribution in [-0.2, 0) is 0 Å². The number of halogens is 3. The van der Waals surface area contributed by atoms with Gasteiger partial charge in [-0.25, -0.2) is 13.2 Å². The Labute approximate surface area is 113 Å². The minimum atomic E-state index is -0.891. The third-order valence-corrected chi connectivity index (χ3v) is 3.81. The van der Waals surface area contributed by atoms with Gasteiger partial charge in [0.15, 0.2) is 0 Å². The van der Waals surface area contributed by atoms with Crippen molar-refractivity contribution in [3.63, 3.8) is 0 Å². The summed E-state index contributed by atoms with van der Waals surface area (Å²) in [6.07, 6.45) is 0.583. The second-order valence-corrected chi connectivity index (χ2v) is 6.13. The van der Waals surface area contributed by atoms with E-state index in [4.69, 9.17) is 0 Å². The summed E-state index contributed by atoms with van der Waals surface area (Å²) < 4.78 is 40.5. The Morgan fingerprint density at radius 2 is 1.58 bits per heavy atom. The number of benzene rings is 1. The van der Waals surface area contributed by atoms with Crippen LogP contribution >= 0.6 is 0 Å². The van der Waals surface area contributed by atoms with Crippen LogP contribution in [0.5, 0.6) is 0 Å². The maximum Gasteiger partial charge on any atom is 0.133 e. The lowest BCUT2D eigenvalue weighted by Gasteiger charge is -2.31. The Morgan fingerprint density at radius 1 is 1.11 bits per heavy atom. The summed E-state index contributed by atoms with van der Waals surface area (Å²) in [4.78, 5) is 0. The summed E-state index contributed by atoms with van der Waals surface area (Å²) in [7, 11) is 1.66. The van der Waals surface area contributed by atoms with Crippen molar-refractivity contribution >= 4 is 0 Å². The van der Waals surface area contributed by atoms with Crippen LogP contribution in [0.2, 0.25) is 0 Å². The largest absolute Gasteiger partial charge is 0.313 e. The van der Waals surface area contributed by atoms with Crippen LogP contribution in [0.1, 0.15) is 45.7 Å². The Kier molecular flexibility index (Phi) is 5.02. The van der Waals surface area contributed by atoms with Gasteiger partial charge in [0.1, 0.15) is 17.5 Å². The van der Waals surface area contributed by atoms with Gasteiger partial charge in [-0.1, -0.05) is 27.7 Å². The highest BCUT2D eigenvalue weighted by molar-refractivity contribution is 5.24. The molecule has 0 bridgehead atoms. The predicted molar refractivity (Wildman–Crippen MR) is 71.4 cm³/mol. The van der Waals surface area contributed by atoms with E-state index in [0.29, 0.717) is 6.42 Å². The highest BCUT2D eigenvalue weighted by atomic mass is 19.1. The Bertz CT molecular complexity index is 415. The molecule has 1 N–H and O–H groups in total. The van der Waals surface area contributed by atoms with Gasteiger partial charge in [-0.05, 0) is 24.8 Å². The SMILES string of the molecule is CNC(CC(C)C(C)(C)C)c1c(F)cc(F)cc1F. The fraction of sp³-hybridized carbons (Fsp3) is 0.600. The van der Waals surface area contributed by atoms with E-state index in [9.17, 15) is 13.2 Å². The van der Waals surface area contributed by atoms with Crippen molar-refractivity contribution in [2.75, 3.05) is 7.05 Å². The molecule has 0 aromatic heterocycles. The molecule has 2 unspecified atom stereocenters. The molecule has 0 fully saturated rings. The molecule has 4 heteroatoms. The molecule has 2 atom stereocenters. The standard InChI is InChI=1S/C15H22F3N/c1-9(15(2,3)4)6-13(19-5)14-11(17)7-10(16)8-12(14)18/h7-9,13,19H,6H2,1-5H3. The normalized spacial score (nSPS) is 15.4. The van der Waals surface area contributed by atoms with Gasteiger partial charge >= 0.3 is 0 Å². The minimum absolute atomic E-state index is 0.0437. The maximum atomic E-state index is 13.8. The smallest absolute Gasteiger partial charge is 0.133 e. The molecular formula is C15H22F3N. The number of nitrogens with one attached hydrogen (secondary N) is 1. The fourth-order valence-corrected chi connectivity index (χ4v) is 1.97. The monoisotopic (exact) mass is 273 g/mol. The van der Waals surface area contributed by atoms with Crippen molar-refractivity contribution in [3.8, 4) is 0 Å². The molecule has 108 valence electrons. The van der Waals surface area contributed by atoms with Gasteiger partial charge in [0, 0.05) is 23.7 Å². The maximum absolute atomic E-state index is 13.8. The van der Waals surface area contributed by atoms with Crippen molar-refractivity contribution < 1.29 is 13.2 Å². The van der Waals surface area contributed by atoms with Crippen molar-refractivity contribution in [3.05, 3.63) is 35.1 Å². The first-order valence-corrected chi connectivity index (χ1v) is 6.48. The van der Waals surface area contributed by atoms with Gasteiger partial charge in [-0.2, -0.15) is 0 Å². The lowest BCUT2D eigenvalue weighted by molar-refractivity contribution is 0.223. The summed E-state index contributed by atoms with van der Waals surface area (Å²) in [5.74, 6) is -2.30. The van der Waals surface area contributed by atoms with Gasteiger partial charge in [0.25, 0.3) is 0 Å². The Morgan fingerprint density at radius 3 is 1.95 bits per heavy atom. The molecule has 0 aliphatic heterocycles. The molecule has 19 heavy (non-hydrogen) atoms. The summed E-state index contributed by atoms with van der Waals surface area (Å²) in [5, 5.41) is 2.92. The molecular weight excluding hydrogens is 251 g/mol. The number of hydrogen-bond acceptors (Lipinski definition) is 1. The Balaban J connectivity index is 3.05. The first-order valence-electron chi connectivity index (χ1n) is 6.48. The summed E-state index contributed by atoms with van der Waals surface area (Å²) in [6.45, 7) is 8.30. The molecule has 0 aliphatic rings. The molecule has 1 nitrogen and oxygen atoms in total. The summed E-state index contributed by atoms with van der Waals surface area (Å²) in [5.41, 5.74) is -0.0396. The first kappa shape index (κ1) is 16.0.